The first-order valence-corrected chi connectivity index (χ1v) is 5.86. The minimum Gasteiger partial charge on any atom is -0.378 e. The molecule has 1 aliphatic heterocycles. The van der Waals surface area contributed by atoms with E-state index < -0.39 is 0 Å². The lowest BCUT2D eigenvalue weighted by atomic mass is 10.1. The third-order valence-corrected chi connectivity index (χ3v) is 2.56. The van der Waals surface area contributed by atoms with Gasteiger partial charge < -0.3 is 15.2 Å². The van der Waals surface area contributed by atoms with E-state index in [0.29, 0.717) is 45.9 Å². The van der Waals surface area contributed by atoms with Crippen molar-refractivity contribution in [3.8, 4) is 0 Å². The fourth-order valence-electron chi connectivity index (χ4n) is 1.64. The molecule has 17 heavy (non-hydrogen) atoms. The van der Waals surface area contributed by atoms with Gasteiger partial charge in [-0.05, 0) is 0 Å². The van der Waals surface area contributed by atoms with Gasteiger partial charge in [0.1, 0.15) is 0 Å². The molecule has 2 N–H and O–H groups in total. The Labute approximate surface area is 101 Å². The lowest BCUT2D eigenvalue weighted by Gasteiger charge is -2.14. The standard InChI is InChI=1S/C11H20N2O4/c1-9-8-10(14)13(11(9)15)3-5-17-7-6-16-4-2-12/h9H,2-8,12H2,1H3. The number of amides is 2. The van der Waals surface area contributed by atoms with E-state index in [1.807, 2.05) is 0 Å². The zero-order valence-corrected chi connectivity index (χ0v) is 10.2. The van der Waals surface area contributed by atoms with Crippen molar-refractivity contribution in [2.45, 2.75) is 13.3 Å². The maximum Gasteiger partial charge on any atom is 0.232 e. The van der Waals surface area contributed by atoms with E-state index in [0.717, 1.165) is 0 Å². The number of carbonyl (C=O) groups excluding carboxylic acids is 2. The normalized spacial score (nSPS) is 20.4. The molecule has 1 heterocycles. The van der Waals surface area contributed by atoms with E-state index in [-0.39, 0.29) is 17.7 Å². The van der Waals surface area contributed by atoms with Crippen molar-refractivity contribution in [2.75, 3.05) is 39.5 Å². The number of imide groups is 1. The van der Waals surface area contributed by atoms with Crippen molar-refractivity contribution in [3.63, 3.8) is 0 Å². The Morgan fingerprint density at radius 2 is 1.88 bits per heavy atom. The molecule has 0 aromatic carbocycles. The van der Waals surface area contributed by atoms with Gasteiger partial charge in [0.25, 0.3) is 0 Å². The summed E-state index contributed by atoms with van der Waals surface area (Å²) in [6.45, 7) is 4.40. The minimum absolute atomic E-state index is 0.0991. The van der Waals surface area contributed by atoms with Crippen molar-refractivity contribution in [1.82, 2.24) is 4.90 Å². The SMILES string of the molecule is CC1CC(=O)N(CCOCCOCCN)C1=O. The van der Waals surface area contributed by atoms with E-state index in [9.17, 15) is 9.59 Å². The van der Waals surface area contributed by atoms with E-state index in [1.54, 1.807) is 6.92 Å². The largest absolute Gasteiger partial charge is 0.378 e. The van der Waals surface area contributed by atoms with Gasteiger partial charge >= 0.3 is 0 Å². The molecule has 1 saturated heterocycles. The number of hydrogen-bond donors (Lipinski definition) is 1. The molecular formula is C11H20N2O4. The Hall–Kier alpha value is -0.980. The summed E-state index contributed by atoms with van der Waals surface area (Å²) >= 11 is 0. The summed E-state index contributed by atoms with van der Waals surface area (Å²) in [6, 6.07) is 0. The molecule has 1 unspecified atom stereocenters. The fraction of sp³-hybridized carbons (Fsp3) is 0.818. The summed E-state index contributed by atoms with van der Waals surface area (Å²) in [5, 5.41) is 0. The molecule has 1 aliphatic rings. The second-order valence-corrected chi connectivity index (χ2v) is 4.00. The van der Waals surface area contributed by atoms with Crippen molar-refractivity contribution < 1.29 is 19.1 Å². The molecule has 0 spiro atoms. The number of carbonyl (C=O) groups is 2. The van der Waals surface area contributed by atoms with Crippen LogP contribution in [0.2, 0.25) is 0 Å². The third-order valence-electron chi connectivity index (χ3n) is 2.56. The first-order chi connectivity index (χ1) is 8.16. The van der Waals surface area contributed by atoms with Gasteiger partial charge in [0.15, 0.2) is 0 Å². The number of ether oxygens (including phenoxy) is 2. The van der Waals surface area contributed by atoms with Crippen LogP contribution in [0, 0.1) is 5.92 Å². The van der Waals surface area contributed by atoms with Gasteiger partial charge in [-0.3, -0.25) is 14.5 Å². The Kier molecular flexibility index (Phi) is 6.10. The van der Waals surface area contributed by atoms with Gasteiger partial charge in [-0.15, -0.1) is 0 Å². The molecule has 0 saturated carbocycles. The highest BCUT2D eigenvalue weighted by atomic mass is 16.5. The van der Waals surface area contributed by atoms with E-state index in [1.165, 1.54) is 4.90 Å². The van der Waals surface area contributed by atoms with E-state index >= 15 is 0 Å². The summed E-state index contributed by atoms with van der Waals surface area (Å²) in [7, 11) is 0. The minimum atomic E-state index is -0.185. The molecule has 0 aromatic rings. The van der Waals surface area contributed by atoms with E-state index in [4.69, 9.17) is 15.2 Å². The van der Waals surface area contributed by atoms with Crippen molar-refractivity contribution in [1.29, 1.82) is 0 Å². The number of nitrogens with zero attached hydrogens (tertiary/aromatic N) is 1. The van der Waals surface area contributed by atoms with Crippen LogP contribution in [0.5, 0.6) is 0 Å². The van der Waals surface area contributed by atoms with E-state index in [2.05, 4.69) is 0 Å². The predicted molar refractivity (Wildman–Crippen MR) is 61.2 cm³/mol. The molecule has 6 heteroatoms. The summed E-state index contributed by atoms with van der Waals surface area (Å²) in [5.74, 6) is -0.390. The first kappa shape index (κ1) is 14.1. The number of likely N-dealkylation sites (tertiary alicyclic amines) is 1. The third kappa shape index (κ3) is 4.41. The molecule has 0 radical (unpaired) electrons. The number of rotatable bonds is 8. The Bertz CT molecular complexity index is 270. The van der Waals surface area contributed by atoms with Crippen LogP contribution in [0.15, 0.2) is 0 Å². The first-order valence-electron chi connectivity index (χ1n) is 5.86. The lowest BCUT2D eigenvalue weighted by molar-refractivity contribution is -0.140. The molecule has 1 atom stereocenters. The average molecular weight is 244 g/mol. The molecule has 0 aliphatic carbocycles. The van der Waals surface area contributed by atoms with Crippen LogP contribution in [0.4, 0.5) is 0 Å². The summed E-state index contributed by atoms with van der Waals surface area (Å²) in [4.78, 5) is 24.2. The van der Waals surface area contributed by atoms with Crippen LogP contribution < -0.4 is 5.73 Å². The fourth-order valence-corrected chi connectivity index (χ4v) is 1.64. The van der Waals surface area contributed by atoms with Crippen molar-refractivity contribution in [2.24, 2.45) is 11.7 Å². The molecule has 98 valence electrons. The zero-order chi connectivity index (χ0) is 12.7. The molecule has 0 bridgehead atoms. The quantitative estimate of drug-likeness (QED) is 0.454. The second-order valence-electron chi connectivity index (χ2n) is 4.00. The molecule has 1 rings (SSSR count). The second kappa shape index (κ2) is 7.37. The molecule has 2 amide bonds. The summed E-state index contributed by atoms with van der Waals surface area (Å²) < 4.78 is 10.4. The van der Waals surface area contributed by atoms with Crippen LogP contribution >= 0.6 is 0 Å². The van der Waals surface area contributed by atoms with Gasteiger partial charge in [-0.1, -0.05) is 6.92 Å². The Morgan fingerprint density at radius 3 is 2.41 bits per heavy atom. The maximum absolute atomic E-state index is 11.5. The number of nitrogens with two attached hydrogens (primary N) is 1. The van der Waals surface area contributed by atoms with Gasteiger partial charge in [-0.25, -0.2) is 0 Å². The van der Waals surface area contributed by atoms with Gasteiger partial charge in [0.05, 0.1) is 33.0 Å². The smallest absolute Gasteiger partial charge is 0.232 e. The molecule has 6 nitrogen and oxygen atoms in total. The highest BCUT2D eigenvalue weighted by molar-refractivity contribution is 6.03. The van der Waals surface area contributed by atoms with Crippen molar-refractivity contribution in [3.05, 3.63) is 0 Å². The van der Waals surface area contributed by atoms with Crippen LogP contribution in [0.25, 0.3) is 0 Å². The van der Waals surface area contributed by atoms with Crippen LogP contribution in [0.3, 0.4) is 0 Å². The van der Waals surface area contributed by atoms with Crippen molar-refractivity contribution >= 4 is 11.8 Å². The van der Waals surface area contributed by atoms with Crippen LogP contribution in [-0.2, 0) is 19.1 Å². The van der Waals surface area contributed by atoms with Gasteiger partial charge in [-0.2, -0.15) is 0 Å². The molecule has 0 aromatic heterocycles. The highest BCUT2D eigenvalue weighted by Gasteiger charge is 2.34. The zero-order valence-electron chi connectivity index (χ0n) is 10.2. The predicted octanol–water partition coefficient (Wildman–Crippen LogP) is -0.627. The summed E-state index contributed by atoms with van der Waals surface area (Å²) in [5.41, 5.74) is 5.25. The Morgan fingerprint density at radius 1 is 1.24 bits per heavy atom. The molecule has 1 fully saturated rings. The lowest BCUT2D eigenvalue weighted by Crippen LogP contribution is -2.33. The number of hydrogen-bond acceptors (Lipinski definition) is 5. The maximum atomic E-state index is 11.5. The highest BCUT2D eigenvalue weighted by Crippen LogP contribution is 2.17. The van der Waals surface area contributed by atoms with Crippen LogP contribution in [-0.4, -0.2) is 56.2 Å². The Balaban J connectivity index is 2.06. The molecular weight excluding hydrogens is 224 g/mol. The van der Waals surface area contributed by atoms with Gasteiger partial charge in [0.2, 0.25) is 11.8 Å². The average Bonchev–Trinajstić information content (AvgIpc) is 2.54. The van der Waals surface area contributed by atoms with Gasteiger partial charge in [0, 0.05) is 18.9 Å². The summed E-state index contributed by atoms with van der Waals surface area (Å²) in [6.07, 6.45) is 0.318. The monoisotopic (exact) mass is 244 g/mol. The topological polar surface area (TPSA) is 81.9 Å². The van der Waals surface area contributed by atoms with Crippen LogP contribution in [0.1, 0.15) is 13.3 Å².